The highest BCUT2D eigenvalue weighted by molar-refractivity contribution is 5.97. The molecule has 0 unspecified atom stereocenters. The first-order chi connectivity index (χ1) is 17.7. The van der Waals surface area contributed by atoms with E-state index in [0.717, 1.165) is 11.0 Å². The first-order valence-corrected chi connectivity index (χ1v) is 13.8. The van der Waals surface area contributed by atoms with Gasteiger partial charge in [-0.3, -0.25) is 9.97 Å². The summed E-state index contributed by atoms with van der Waals surface area (Å²) in [6.07, 6.45) is 3.67. The van der Waals surface area contributed by atoms with Gasteiger partial charge < -0.3 is 0 Å². The number of aryl methyl sites for hydroxylation is 2. The van der Waals surface area contributed by atoms with E-state index in [4.69, 9.17) is 0 Å². The van der Waals surface area contributed by atoms with Crippen molar-refractivity contribution >= 4 is 32.6 Å². The monoisotopic (exact) mass is 486 g/mol. The standard InChI is InChI=1S/C14H11N.C10H9N.5C2H6/c1-10-4-2-5-11-8-12-6-3-7-15-14(12)9-13(10)11;1-8-4-2-5-9-6-3-7-11-10(8)9;5*1-2/h2-9H,1H3;2-7H,1H3;5*1-2H3. The van der Waals surface area contributed by atoms with Crippen LogP contribution in [0.3, 0.4) is 0 Å². The maximum Gasteiger partial charge on any atom is 0.0731 e. The molecule has 5 rings (SSSR count). The van der Waals surface area contributed by atoms with Gasteiger partial charge in [-0.25, -0.2) is 0 Å². The fourth-order valence-electron chi connectivity index (χ4n) is 3.26. The van der Waals surface area contributed by atoms with Crippen molar-refractivity contribution in [2.75, 3.05) is 0 Å². The fraction of sp³-hybridized carbons (Fsp3) is 0.353. The number of hydrogen-bond donors (Lipinski definition) is 0. The molecule has 2 aromatic heterocycles. The highest BCUT2D eigenvalue weighted by Crippen LogP contribution is 2.23. The molecule has 0 saturated heterocycles. The zero-order valence-corrected chi connectivity index (χ0v) is 25.0. The Balaban J connectivity index is 0. The molecular formula is C34H50N2. The second kappa shape index (κ2) is 22.2. The smallest absolute Gasteiger partial charge is 0.0731 e. The first kappa shape index (κ1) is 34.9. The van der Waals surface area contributed by atoms with E-state index in [9.17, 15) is 0 Å². The fourth-order valence-corrected chi connectivity index (χ4v) is 3.26. The molecule has 0 bridgehead atoms. The second-order valence-corrected chi connectivity index (χ2v) is 6.49. The van der Waals surface area contributed by atoms with E-state index in [-0.39, 0.29) is 0 Å². The molecular weight excluding hydrogens is 436 g/mol. The second-order valence-electron chi connectivity index (χ2n) is 6.49. The molecule has 5 aromatic rings. The van der Waals surface area contributed by atoms with Gasteiger partial charge in [0.1, 0.15) is 0 Å². The minimum absolute atomic E-state index is 1.07. The van der Waals surface area contributed by atoms with E-state index in [0.29, 0.717) is 0 Å². The third-order valence-corrected chi connectivity index (χ3v) is 4.66. The number of fused-ring (bicyclic) bond motifs is 3. The summed E-state index contributed by atoms with van der Waals surface area (Å²) in [5.74, 6) is 0. The number of aromatic nitrogens is 2. The van der Waals surface area contributed by atoms with E-state index in [1.165, 1.54) is 32.7 Å². The van der Waals surface area contributed by atoms with Crippen molar-refractivity contribution in [2.45, 2.75) is 83.1 Å². The molecule has 0 aliphatic carbocycles. The molecule has 36 heavy (non-hydrogen) atoms. The van der Waals surface area contributed by atoms with Crippen molar-refractivity contribution in [1.82, 2.24) is 9.97 Å². The Morgan fingerprint density at radius 1 is 0.444 bits per heavy atom. The lowest BCUT2D eigenvalue weighted by Crippen LogP contribution is -1.81. The molecule has 0 atom stereocenters. The molecule has 0 aliphatic heterocycles. The third kappa shape index (κ3) is 10.6. The molecule has 2 nitrogen and oxygen atoms in total. The van der Waals surface area contributed by atoms with Gasteiger partial charge in [0.2, 0.25) is 0 Å². The molecule has 0 aliphatic rings. The predicted molar refractivity (Wildman–Crippen MR) is 167 cm³/mol. The van der Waals surface area contributed by atoms with E-state index in [1.807, 2.05) is 93.8 Å². The molecule has 2 heterocycles. The lowest BCUT2D eigenvalue weighted by atomic mass is 10.0. The Bertz CT molecular complexity index is 1200. The predicted octanol–water partition coefficient (Wildman–Crippen LogP) is 11.4. The normalized spacial score (nSPS) is 8.56. The summed E-state index contributed by atoms with van der Waals surface area (Å²) in [6, 6.07) is 25.1. The van der Waals surface area contributed by atoms with Gasteiger partial charge in [0.05, 0.1) is 11.0 Å². The van der Waals surface area contributed by atoms with Crippen molar-refractivity contribution in [3.05, 3.63) is 96.3 Å². The third-order valence-electron chi connectivity index (χ3n) is 4.66. The Hall–Kier alpha value is -3.26. The van der Waals surface area contributed by atoms with Gasteiger partial charge in [-0.05, 0) is 60.0 Å². The van der Waals surface area contributed by atoms with Gasteiger partial charge in [0.15, 0.2) is 0 Å². The van der Waals surface area contributed by atoms with Crippen LogP contribution in [0.4, 0.5) is 0 Å². The molecule has 3 aromatic carbocycles. The zero-order chi connectivity index (χ0) is 27.9. The number of para-hydroxylation sites is 1. The van der Waals surface area contributed by atoms with Gasteiger partial charge in [0, 0.05) is 23.2 Å². The van der Waals surface area contributed by atoms with E-state index in [1.54, 1.807) is 0 Å². The summed E-state index contributed by atoms with van der Waals surface area (Å²) in [6.45, 7) is 24.2. The minimum atomic E-state index is 1.07. The molecule has 0 radical (unpaired) electrons. The number of benzene rings is 3. The SMILES string of the molecule is CC.CC.CC.CC.CC.Cc1cccc2cc3cccnc3cc12.Cc1cccc2cccnc12. The van der Waals surface area contributed by atoms with E-state index >= 15 is 0 Å². The van der Waals surface area contributed by atoms with Crippen LogP contribution in [0.25, 0.3) is 32.6 Å². The van der Waals surface area contributed by atoms with Crippen LogP contribution in [0.15, 0.2) is 85.2 Å². The van der Waals surface area contributed by atoms with Crippen LogP contribution < -0.4 is 0 Å². The Kier molecular flexibility index (Phi) is 21.5. The number of hydrogen-bond acceptors (Lipinski definition) is 2. The summed E-state index contributed by atoms with van der Waals surface area (Å²) in [7, 11) is 0. The van der Waals surface area contributed by atoms with Gasteiger partial charge in [-0.1, -0.05) is 118 Å². The Morgan fingerprint density at radius 3 is 1.50 bits per heavy atom. The summed E-state index contributed by atoms with van der Waals surface area (Å²) < 4.78 is 0. The van der Waals surface area contributed by atoms with Crippen LogP contribution in [-0.2, 0) is 0 Å². The van der Waals surface area contributed by atoms with Crippen molar-refractivity contribution in [3.8, 4) is 0 Å². The molecule has 0 saturated carbocycles. The van der Waals surface area contributed by atoms with Crippen LogP contribution >= 0.6 is 0 Å². The maximum atomic E-state index is 4.37. The average Bonchev–Trinajstić information content (AvgIpc) is 2.98. The van der Waals surface area contributed by atoms with Gasteiger partial charge in [-0.2, -0.15) is 0 Å². The molecule has 0 spiro atoms. The average molecular weight is 487 g/mol. The number of pyridine rings is 2. The molecule has 0 N–H and O–H groups in total. The van der Waals surface area contributed by atoms with E-state index in [2.05, 4.69) is 84.5 Å². The summed E-state index contributed by atoms with van der Waals surface area (Å²) in [5, 5.41) is 5.00. The van der Waals surface area contributed by atoms with Crippen LogP contribution in [0.5, 0.6) is 0 Å². The summed E-state index contributed by atoms with van der Waals surface area (Å²) in [5.41, 5.74) is 4.72. The van der Waals surface area contributed by atoms with Gasteiger partial charge >= 0.3 is 0 Å². The molecule has 0 fully saturated rings. The Morgan fingerprint density at radius 2 is 0.917 bits per heavy atom. The molecule has 2 heteroatoms. The maximum absolute atomic E-state index is 4.37. The summed E-state index contributed by atoms with van der Waals surface area (Å²) in [4.78, 5) is 8.65. The van der Waals surface area contributed by atoms with Crippen LogP contribution in [-0.4, -0.2) is 9.97 Å². The highest BCUT2D eigenvalue weighted by Gasteiger charge is 2.00. The van der Waals surface area contributed by atoms with Crippen LogP contribution in [0, 0.1) is 13.8 Å². The minimum Gasteiger partial charge on any atom is -0.256 e. The topological polar surface area (TPSA) is 25.8 Å². The lowest BCUT2D eigenvalue weighted by molar-refractivity contribution is 1.37. The van der Waals surface area contributed by atoms with E-state index < -0.39 is 0 Å². The van der Waals surface area contributed by atoms with Gasteiger partial charge in [-0.15, -0.1) is 0 Å². The number of rotatable bonds is 0. The first-order valence-electron chi connectivity index (χ1n) is 13.8. The van der Waals surface area contributed by atoms with Gasteiger partial charge in [0.25, 0.3) is 0 Å². The quantitative estimate of drug-likeness (QED) is 0.203. The van der Waals surface area contributed by atoms with Crippen molar-refractivity contribution < 1.29 is 0 Å². The van der Waals surface area contributed by atoms with Crippen LogP contribution in [0.2, 0.25) is 0 Å². The number of nitrogens with zero attached hydrogens (tertiary/aromatic N) is 2. The zero-order valence-electron chi connectivity index (χ0n) is 25.0. The largest absolute Gasteiger partial charge is 0.256 e. The molecule has 0 amide bonds. The lowest BCUT2D eigenvalue weighted by Gasteiger charge is -2.03. The van der Waals surface area contributed by atoms with Crippen molar-refractivity contribution in [3.63, 3.8) is 0 Å². The van der Waals surface area contributed by atoms with Crippen LogP contribution in [0.1, 0.15) is 80.4 Å². The highest BCUT2D eigenvalue weighted by atomic mass is 14.6. The van der Waals surface area contributed by atoms with Crippen molar-refractivity contribution in [1.29, 1.82) is 0 Å². The molecule has 196 valence electrons. The Labute approximate surface area is 221 Å². The summed E-state index contributed by atoms with van der Waals surface area (Å²) >= 11 is 0. The van der Waals surface area contributed by atoms with Crippen molar-refractivity contribution in [2.24, 2.45) is 0 Å².